The number of nitrogens with zero attached hydrogens (tertiary/aromatic N) is 4. The second-order valence-electron chi connectivity index (χ2n) is 7.51. The van der Waals surface area contributed by atoms with Gasteiger partial charge >= 0.3 is 0 Å². The largest absolute Gasteiger partial charge is 0.444 e. The highest BCUT2D eigenvalue weighted by Gasteiger charge is 2.16. The average molecular weight is 399 g/mol. The van der Waals surface area contributed by atoms with Gasteiger partial charge in [-0.3, -0.25) is 9.89 Å². The zero-order valence-electron chi connectivity index (χ0n) is 18.2. The molecule has 1 aliphatic heterocycles. The molecule has 2 heterocycles. The predicted molar refractivity (Wildman–Crippen MR) is 117 cm³/mol. The maximum atomic E-state index is 5.63. The van der Waals surface area contributed by atoms with Crippen LogP contribution in [0.4, 0.5) is 0 Å². The van der Waals surface area contributed by atoms with Gasteiger partial charge in [0.05, 0.1) is 12.2 Å². The van der Waals surface area contributed by atoms with E-state index >= 15 is 0 Å². The number of likely N-dealkylation sites (N-methyl/N-ethyl adjacent to an activating group) is 1. The summed E-state index contributed by atoms with van der Waals surface area (Å²) in [6, 6.07) is 8.65. The lowest BCUT2D eigenvalue weighted by Gasteiger charge is -2.34. The highest BCUT2D eigenvalue weighted by molar-refractivity contribution is 5.79. The maximum Gasteiger partial charge on any atom is 0.214 e. The first kappa shape index (κ1) is 21.3. The molecule has 1 saturated heterocycles. The Balaban J connectivity index is 1.53. The number of aliphatic imine (C=N–C) groups is 1. The first-order valence-electron chi connectivity index (χ1n) is 10.5. The minimum atomic E-state index is 0.512. The van der Waals surface area contributed by atoms with Gasteiger partial charge in [0.15, 0.2) is 5.96 Å². The number of oxazole rings is 1. The Bertz CT molecular complexity index is 788. The van der Waals surface area contributed by atoms with Crippen LogP contribution in [-0.4, -0.2) is 60.5 Å². The third-order valence-electron chi connectivity index (χ3n) is 5.57. The Kier molecular flexibility index (Phi) is 7.66. The molecule has 7 nitrogen and oxygen atoms in total. The van der Waals surface area contributed by atoms with Gasteiger partial charge in [0.25, 0.3) is 0 Å². The number of benzene rings is 1. The quantitative estimate of drug-likeness (QED) is 0.551. The van der Waals surface area contributed by atoms with Gasteiger partial charge in [-0.05, 0) is 31.5 Å². The Hall–Kier alpha value is -2.38. The molecular formula is C22H34N6O. The van der Waals surface area contributed by atoms with Crippen molar-refractivity contribution >= 4 is 5.96 Å². The van der Waals surface area contributed by atoms with E-state index in [9.17, 15) is 0 Å². The monoisotopic (exact) mass is 398 g/mol. The number of hydrogen-bond donors (Lipinski definition) is 2. The zero-order chi connectivity index (χ0) is 20.6. The second kappa shape index (κ2) is 10.4. The van der Waals surface area contributed by atoms with Crippen LogP contribution in [0.5, 0.6) is 0 Å². The maximum absolute atomic E-state index is 5.63. The highest BCUT2D eigenvalue weighted by Crippen LogP contribution is 2.14. The second-order valence-corrected chi connectivity index (χ2v) is 7.51. The van der Waals surface area contributed by atoms with E-state index in [1.807, 2.05) is 13.8 Å². The van der Waals surface area contributed by atoms with Gasteiger partial charge in [-0.25, -0.2) is 4.98 Å². The Morgan fingerprint density at radius 1 is 1.03 bits per heavy atom. The third kappa shape index (κ3) is 6.05. The van der Waals surface area contributed by atoms with Crippen LogP contribution in [0.3, 0.4) is 0 Å². The van der Waals surface area contributed by atoms with E-state index in [4.69, 9.17) is 4.42 Å². The first-order chi connectivity index (χ1) is 14.1. The summed E-state index contributed by atoms with van der Waals surface area (Å²) < 4.78 is 5.63. The molecule has 158 valence electrons. The molecule has 2 N–H and O–H groups in total. The summed E-state index contributed by atoms with van der Waals surface area (Å²) in [6.45, 7) is 14.1. The fourth-order valence-electron chi connectivity index (χ4n) is 3.56. The van der Waals surface area contributed by atoms with E-state index in [-0.39, 0.29) is 0 Å². The van der Waals surface area contributed by atoms with Crippen molar-refractivity contribution in [3.8, 4) is 0 Å². The lowest BCUT2D eigenvalue weighted by molar-refractivity contribution is 0.131. The van der Waals surface area contributed by atoms with Crippen LogP contribution in [0.1, 0.15) is 35.4 Å². The molecule has 2 aromatic rings. The van der Waals surface area contributed by atoms with Crippen molar-refractivity contribution in [2.24, 2.45) is 4.99 Å². The summed E-state index contributed by atoms with van der Waals surface area (Å²) in [6.07, 6.45) is 0. The normalized spacial score (nSPS) is 16.2. The Morgan fingerprint density at radius 2 is 1.69 bits per heavy atom. The average Bonchev–Trinajstić information content (AvgIpc) is 3.07. The van der Waals surface area contributed by atoms with Crippen LogP contribution in [-0.2, 0) is 19.6 Å². The number of nitrogens with one attached hydrogen (secondary N) is 2. The Labute approximate surface area is 174 Å². The third-order valence-corrected chi connectivity index (χ3v) is 5.57. The lowest BCUT2D eigenvalue weighted by Crippen LogP contribution is -2.45. The molecule has 1 aromatic carbocycles. The molecular weight excluding hydrogens is 364 g/mol. The first-order valence-corrected chi connectivity index (χ1v) is 10.5. The van der Waals surface area contributed by atoms with Crippen LogP contribution in [0.2, 0.25) is 0 Å². The minimum absolute atomic E-state index is 0.512. The van der Waals surface area contributed by atoms with Gasteiger partial charge in [-0.2, -0.15) is 0 Å². The van der Waals surface area contributed by atoms with E-state index in [1.165, 1.54) is 11.1 Å². The molecule has 1 fully saturated rings. The summed E-state index contributed by atoms with van der Waals surface area (Å²) >= 11 is 0. The Morgan fingerprint density at radius 3 is 2.31 bits per heavy atom. The van der Waals surface area contributed by atoms with Gasteiger partial charge in [0.2, 0.25) is 5.89 Å². The molecule has 1 aromatic heterocycles. The minimum Gasteiger partial charge on any atom is -0.444 e. The van der Waals surface area contributed by atoms with Crippen molar-refractivity contribution in [3.63, 3.8) is 0 Å². The van der Waals surface area contributed by atoms with E-state index in [1.54, 1.807) is 7.05 Å². The molecule has 0 aliphatic carbocycles. The zero-order valence-corrected chi connectivity index (χ0v) is 18.2. The summed E-state index contributed by atoms with van der Waals surface area (Å²) in [5, 5.41) is 6.69. The van der Waals surface area contributed by atoms with E-state index in [0.29, 0.717) is 12.4 Å². The number of aromatic nitrogens is 1. The SMILES string of the molecule is CCN1CCN(Cc2ccccc2CNC(=NC)NCc2nc(C)c(C)o2)CC1. The van der Waals surface area contributed by atoms with Crippen LogP contribution in [0.15, 0.2) is 33.7 Å². The van der Waals surface area contributed by atoms with Crippen LogP contribution in [0.25, 0.3) is 0 Å². The van der Waals surface area contributed by atoms with Crippen molar-refractivity contribution < 1.29 is 4.42 Å². The number of rotatable bonds is 7. The van der Waals surface area contributed by atoms with Crippen molar-refractivity contribution in [1.29, 1.82) is 0 Å². The lowest BCUT2D eigenvalue weighted by atomic mass is 10.1. The molecule has 0 atom stereocenters. The summed E-state index contributed by atoms with van der Waals surface area (Å²) in [4.78, 5) is 13.8. The van der Waals surface area contributed by atoms with Gasteiger partial charge in [0, 0.05) is 46.3 Å². The van der Waals surface area contributed by atoms with Gasteiger partial charge < -0.3 is 20.0 Å². The van der Waals surface area contributed by atoms with Gasteiger partial charge in [-0.15, -0.1) is 0 Å². The standard InChI is InChI=1S/C22H34N6O/c1-5-27-10-12-28(13-11-27)16-20-9-7-6-8-19(20)14-24-22(23-4)25-15-21-26-17(2)18(3)29-21/h6-9H,5,10-16H2,1-4H3,(H2,23,24,25). The molecule has 0 amide bonds. The van der Waals surface area contributed by atoms with E-state index in [2.05, 4.69) is 61.6 Å². The number of guanidine groups is 1. The van der Waals surface area contributed by atoms with Crippen molar-refractivity contribution in [2.75, 3.05) is 39.8 Å². The number of aryl methyl sites for hydroxylation is 2. The molecule has 0 saturated carbocycles. The van der Waals surface area contributed by atoms with E-state index < -0.39 is 0 Å². The van der Waals surface area contributed by atoms with Crippen molar-refractivity contribution in [1.82, 2.24) is 25.4 Å². The summed E-state index contributed by atoms with van der Waals surface area (Å²) in [5.74, 6) is 2.28. The highest BCUT2D eigenvalue weighted by atomic mass is 16.4. The topological polar surface area (TPSA) is 68.9 Å². The van der Waals surface area contributed by atoms with Crippen LogP contribution in [0, 0.1) is 13.8 Å². The van der Waals surface area contributed by atoms with Gasteiger partial charge in [-0.1, -0.05) is 31.2 Å². The fourth-order valence-corrected chi connectivity index (χ4v) is 3.56. The molecule has 3 rings (SSSR count). The fraction of sp³-hybridized carbons (Fsp3) is 0.545. The molecule has 0 radical (unpaired) electrons. The smallest absolute Gasteiger partial charge is 0.214 e. The number of hydrogen-bond acceptors (Lipinski definition) is 5. The van der Waals surface area contributed by atoms with E-state index in [0.717, 1.165) is 63.2 Å². The molecule has 0 spiro atoms. The number of piperazine rings is 1. The molecule has 7 heteroatoms. The van der Waals surface area contributed by atoms with Crippen molar-refractivity contribution in [2.45, 2.75) is 40.4 Å². The summed E-state index contributed by atoms with van der Waals surface area (Å²) in [7, 11) is 1.78. The predicted octanol–water partition coefficient (Wildman–Crippen LogP) is 2.29. The van der Waals surface area contributed by atoms with Crippen molar-refractivity contribution in [3.05, 3.63) is 52.7 Å². The molecule has 0 unspecified atom stereocenters. The molecule has 0 bridgehead atoms. The molecule has 1 aliphatic rings. The van der Waals surface area contributed by atoms with Gasteiger partial charge in [0.1, 0.15) is 5.76 Å². The summed E-state index contributed by atoms with van der Waals surface area (Å²) in [5.41, 5.74) is 3.61. The van der Waals surface area contributed by atoms with Crippen LogP contribution < -0.4 is 10.6 Å². The van der Waals surface area contributed by atoms with Crippen LogP contribution >= 0.6 is 0 Å². The molecule has 29 heavy (non-hydrogen) atoms.